The topological polar surface area (TPSA) is 98.2 Å². The average Bonchev–Trinajstić information content (AvgIpc) is 2.33. The normalized spacial score (nSPS) is 13.7. The minimum Gasteiger partial charge on any atom is -0.330 e. The molecule has 19 heavy (non-hydrogen) atoms. The summed E-state index contributed by atoms with van der Waals surface area (Å²) < 4.78 is 22.2. The van der Waals surface area contributed by atoms with Gasteiger partial charge in [-0.1, -0.05) is 26.0 Å². The van der Waals surface area contributed by atoms with Crippen LogP contribution in [0.5, 0.6) is 0 Å². The molecule has 0 aliphatic carbocycles. The van der Waals surface area contributed by atoms with Crippen molar-refractivity contribution in [2.75, 3.05) is 13.1 Å². The highest BCUT2D eigenvalue weighted by molar-refractivity contribution is 7.89. The maximum absolute atomic E-state index is 11.1. The molecule has 0 aliphatic rings. The molecule has 1 aromatic rings. The first-order valence-corrected chi connectivity index (χ1v) is 7.91. The van der Waals surface area contributed by atoms with Crippen molar-refractivity contribution < 1.29 is 8.42 Å². The second-order valence-electron chi connectivity index (χ2n) is 5.06. The van der Waals surface area contributed by atoms with Gasteiger partial charge in [0.05, 0.1) is 4.90 Å². The summed E-state index contributed by atoms with van der Waals surface area (Å²) in [4.78, 5) is 0.137. The smallest absolute Gasteiger partial charge is 0.238 e. The fourth-order valence-corrected chi connectivity index (χ4v) is 2.31. The Balaban J connectivity index is 2.51. The molecule has 0 bridgehead atoms. The summed E-state index contributed by atoms with van der Waals surface area (Å²) in [5.74, 6) is 0.992. The largest absolute Gasteiger partial charge is 0.330 e. The van der Waals surface area contributed by atoms with Crippen LogP contribution in [0.25, 0.3) is 0 Å². The summed E-state index contributed by atoms with van der Waals surface area (Å²) in [6.45, 7) is 6.51. The van der Waals surface area contributed by atoms with E-state index in [9.17, 15) is 8.42 Å². The minimum atomic E-state index is -3.61. The predicted molar refractivity (Wildman–Crippen MR) is 76.9 cm³/mol. The van der Waals surface area contributed by atoms with Crippen molar-refractivity contribution in [3.05, 3.63) is 29.8 Å². The molecule has 1 rings (SSSR count). The second kappa shape index (κ2) is 7.00. The molecule has 0 saturated heterocycles. The number of hydrogen-bond donors (Lipinski definition) is 3. The molecule has 0 aliphatic heterocycles. The predicted octanol–water partition coefficient (Wildman–Crippen LogP) is 0.655. The fourth-order valence-electron chi connectivity index (χ4n) is 1.79. The van der Waals surface area contributed by atoms with Gasteiger partial charge < -0.3 is 11.1 Å². The summed E-state index contributed by atoms with van der Waals surface area (Å²) in [6, 6.07) is 6.57. The number of nitrogens with one attached hydrogen (secondary N) is 1. The van der Waals surface area contributed by atoms with E-state index in [1.54, 1.807) is 12.1 Å². The molecular weight excluding hydrogens is 262 g/mol. The van der Waals surface area contributed by atoms with Crippen LogP contribution >= 0.6 is 0 Å². The van der Waals surface area contributed by atoms with Gasteiger partial charge in [0.2, 0.25) is 10.0 Å². The number of sulfonamides is 1. The molecule has 0 radical (unpaired) electrons. The molecule has 108 valence electrons. The third kappa shape index (κ3) is 5.28. The van der Waals surface area contributed by atoms with Crippen LogP contribution in [-0.2, 0) is 16.6 Å². The van der Waals surface area contributed by atoms with Crippen LogP contribution in [0.3, 0.4) is 0 Å². The lowest BCUT2D eigenvalue weighted by Gasteiger charge is -2.19. The first-order valence-electron chi connectivity index (χ1n) is 6.37. The fraction of sp³-hybridized carbons (Fsp3) is 0.538. The van der Waals surface area contributed by atoms with Crippen LogP contribution < -0.4 is 16.2 Å². The van der Waals surface area contributed by atoms with Crippen molar-refractivity contribution in [1.82, 2.24) is 5.32 Å². The van der Waals surface area contributed by atoms with Crippen molar-refractivity contribution in [2.45, 2.75) is 25.3 Å². The Labute approximate surface area is 115 Å². The van der Waals surface area contributed by atoms with E-state index in [4.69, 9.17) is 10.9 Å². The van der Waals surface area contributed by atoms with Crippen LogP contribution in [0.2, 0.25) is 0 Å². The summed E-state index contributed by atoms with van der Waals surface area (Å²) in [5.41, 5.74) is 6.72. The van der Waals surface area contributed by atoms with Crippen LogP contribution in [-0.4, -0.2) is 21.5 Å². The molecule has 0 amide bonds. The van der Waals surface area contributed by atoms with E-state index in [2.05, 4.69) is 19.2 Å². The molecule has 0 saturated carbocycles. The minimum absolute atomic E-state index is 0.137. The van der Waals surface area contributed by atoms with Crippen molar-refractivity contribution in [1.29, 1.82) is 0 Å². The Bertz CT molecular complexity index is 483. The standard InChI is InChI=1S/C13H23N3O2S/c1-10(2)12(7-14)9-16-8-11-3-5-13(6-4-11)19(15,17)18/h3-6,10,12,16H,7-9,14H2,1-2H3,(H2,15,17,18). The molecule has 1 atom stereocenters. The molecule has 0 aromatic heterocycles. The number of hydrogen-bond acceptors (Lipinski definition) is 4. The van der Waals surface area contributed by atoms with Gasteiger partial charge in [0.1, 0.15) is 0 Å². The quantitative estimate of drug-likeness (QED) is 0.685. The molecule has 0 spiro atoms. The van der Waals surface area contributed by atoms with E-state index in [1.165, 1.54) is 12.1 Å². The van der Waals surface area contributed by atoms with Crippen LogP contribution in [0.4, 0.5) is 0 Å². The highest BCUT2D eigenvalue weighted by atomic mass is 32.2. The highest BCUT2D eigenvalue weighted by Crippen LogP contribution is 2.10. The maximum atomic E-state index is 11.1. The zero-order chi connectivity index (χ0) is 14.5. The van der Waals surface area contributed by atoms with Gasteiger partial charge in [-0.15, -0.1) is 0 Å². The molecule has 6 heteroatoms. The molecular formula is C13H23N3O2S. The van der Waals surface area contributed by atoms with Gasteiger partial charge in [0.25, 0.3) is 0 Å². The van der Waals surface area contributed by atoms with Gasteiger partial charge in [-0.25, -0.2) is 13.6 Å². The molecule has 5 nitrogen and oxygen atoms in total. The van der Waals surface area contributed by atoms with Crippen molar-refractivity contribution in [3.63, 3.8) is 0 Å². The Morgan fingerprint density at radius 2 is 1.79 bits per heavy atom. The van der Waals surface area contributed by atoms with Crippen molar-refractivity contribution >= 4 is 10.0 Å². The summed E-state index contributed by atoms with van der Waals surface area (Å²) in [7, 11) is -3.61. The third-order valence-electron chi connectivity index (χ3n) is 3.23. The Morgan fingerprint density at radius 3 is 2.21 bits per heavy atom. The van der Waals surface area contributed by atoms with Gasteiger partial charge in [0, 0.05) is 6.54 Å². The zero-order valence-corrected chi connectivity index (χ0v) is 12.3. The number of nitrogens with two attached hydrogens (primary N) is 2. The summed E-state index contributed by atoms with van der Waals surface area (Å²) in [6.07, 6.45) is 0. The van der Waals surface area contributed by atoms with Gasteiger partial charge in [-0.2, -0.15) is 0 Å². The third-order valence-corrected chi connectivity index (χ3v) is 4.16. The lowest BCUT2D eigenvalue weighted by atomic mass is 9.96. The van der Waals surface area contributed by atoms with Crippen LogP contribution in [0, 0.1) is 11.8 Å². The van der Waals surface area contributed by atoms with Gasteiger partial charge in [-0.3, -0.25) is 0 Å². The Morgan fingerprint density at radius 1 is 1.21 bits per heavy atom. The summed E-state index contributed by atoms with van der Waals surface area (Å²) >= 11 is 0. The Kier molecular flexibility index (Phi) is 5.93. The van der Waals surface area contributed by atoms with E-state index in [-0.39, 0.29) is 4.90 Å². The van der Waals surface area contributed by atoms with Gasteiger partial charge in [-0.05, 0) is 42.6 Å². The van der Waals surface area contributed by atoms with E-state index in [1.807, 2.05) is 0 Å². The number of primary sulfonamides is 1. The number of rotatable bonds is 7. The van der Waals surface area contributed by atoms with E-state index < -0.39 is 10.0 Å². The first kappa shape index (κ1) is 16.1. The Hall–Kier alpha value is -0.950. The maximum Gasteiger partial charge on any atom is 0.238 e. The first-order chi connectivity index (χ1) is 8.84. The van der Waals surface area contributed by atoms with Gasteiger partial charge >= 0.3 is 0 Å². The van der Waals surface area contributed by atoms with Crippen LogP contribution in [0.15, 0.2) is 29.2 Å². The lowest BCUT2D eigenvalue weighted by molar-refractivity contribution is 0.370. The molecule has 1 unspecified atom stereocenters. The highest BCUT2D eigenvalue weighted by Gasteiger charge is 2.11. The SMILES string of the molecule is CC(C)C(CN)CNCc1ccc(S(N)(=O)=O)cc1. The van der Waals surface area contributed by atoms with Gasteiger partial charge in [0.15, 0.2) is 0 Å². The molecule has 0 heterocycles. The van der Waals surface area contributed by atoms with E-state index >= 15 is 0 Å². The molecule has 5 N–H and O–H groups in total. The zero-order valence-electron chi connectivity index (χ0n) is 11.5. The van der Waals surface area contributed by atoms with Crippen molar-refractivity contribution in [2.24, 2.45) is 22.7 Å². The summed E-state index contributed by atoms with van der Waals surface area (Å²) in [5, 5.41) is 8.37. The van der Waals surface area contributed by atoms with Crippen LogP contribution in [0.1, 0.15) is 19.4 Å². The van der Waals surface area contributed by atoms with Crippen molar-refractivity contribution in [3.8, 4) is 0 Å². The van der Waals surface area contributed by atoms with E-state index in [0.29, 0.717) is 24.9 Å². The molecule has 0 fully saturated rings. The monoisotopic (exact) mass is 285 g/mol. The second-order valence-corrected chi connectivity index (χ2v) is 6.62. The lowest BCUT2D eigenvalue weighted by Crippen LogP contribution is -2.31. The number of benzene rings is 1. The van der Waals surface area contributed by atoms with E-state index in [0.717, 1.165) is 12.1 Å². The molecule has 1 aromatic carbocycles. The average molecular weight is 285 g/mol.